The van der Waals surface area contributed by atoms with Crippen LogP contribution >= 0.6 is 0 Å². The van der Waals surface area contributed by atoms with Gasteiger partial charge in [0.05, 0.1) is 6.54 Å². The molecule has 1 rings (SSSR count). The van der Waals surface area contributed by atoms with E-state index >= 15 is 0 Å². The van der Waals surface area contributed by atoms with Gasteiger partial charge in [-0.1, -0.05) is 26.0 Å². The number of phenolic OH excluding ortho intramolecular Hbond substituents is 1. The molecule has 36 heavy (non-hydrogen) atoms. The Balaban J connectivity index is 3.03. The quantitative estimate of drug-likeness (QED) is 0.0784. The third-order valence-corrected chi connectivity index (χ3v) is 5.11. The molecule has 3 unspecified atom stereocenters. The minimum atomic E-state index is -1.29. The minimum absolute atomic E-state index is 0.0240. The molecule has 1 aromatic rings. The number of carboxylic acid groups (broad SMARTS) is 1. The zero-order chi connectivity index (χ0) is 27.3. The van der Waals surface area contributed by atoms with Gasteiger partial charge in [0.2, 0.25) is 17.7 Å². The Bertz CT molecular complexity index is 916. The highest BCUT2D eigenvalue weighted by Gasteiger charge is 2.29. The van der Waals surface area contributed by atoms with Crippen LogP contribution in [0.5, 0.6) is 5.75 Å². The molecule has 3 amide bonds. The zero-order valence-corrected chi connectivity index (χ0v) is 20.6. The molecule has 200 valence electrons. The number of hydrogen-bond donors (Lipinski definition) is 8. The standard InChI is InChI=1S/C23H37N7O6/c1-13(2)10-17(28-19(32)12-24)21(34)29-16(4-3-9-27-23(25)26)20(33)30-18(22(35)36)11-14-5-7-15(31)8-6-14/h5-8,13,16-18,31H,3-4,9-12,24H2,1-2H3,(H,28,32)(H,29,34)(H,30,33)(H,35,36)(H4,25,26,27). The number of carbonyl (C=O) groups is 4. The van der Waals surface area contributed by atoms with Gasteiger partial charge in [-0.2, -0.15) is 0 Å². The van der Waals surface area contributed by atoms with Crippen molar-refractivity contribution in [2.24, 2.45) is 28.1 Å². The van der Waals surface area contributed by atoms with Crippen molar-refractivity contribution in [3.8, 4) is 5.75 Å². The average Bonchev–Trinajstić information content (AvgIpc) is 2.80. The summed E-state index contributed by atoms with van der Waals surface area (Å²) in [5, 5.41) is 26.7. The topological polar surface area (TPSA) is 235 Å². The molecule has 0 aliphatic carbocycles. The first-order valence-electron chi connectivity index (χ1n) is 11.6. The largest absolute Gasteiger partial charge is 0.508 e. The number of phenols is 1. The summed E-state index contributed by atoms with van der Waals surface area (Å²) in [5.74, 6) is -3.16. The van der Waals surface area contributed by atoms with Crippen LogP contribution in [-0.4, -0.2) is 71.1 Å². The molecule has 0 aliphatic heterocycles. The lowest BCUT2D eigenvalue weighted by Crippen LogP contribution is -2.56. The number of benzene rings is 1. The summed E-state index contributed by atoms with van der Waals surface area (Å²) in [7, 11) is 0. The van der Waals surface area contributed by atoms with E-state index in [1.807, 2.05) is 13.8 Å². The monoisotopic (exact) mass is 507 g/mol. The first-order valence-corrected chi connectivity index (χ1v) is 11.6. The molecule has 0 fully saturated rings. The Morgan fingerprint density at radius 3 is 2.06 bits per heavy atom. The van der Waals surface area contributed by atoms with Gasteiger partial charge in [0, 0.05) is 13.0 Å². The first kappa shape index (κ1) is 30.2. The third-order valence-electron chi connectivity index (χ3n) is 5.11. The van der Waals surface area contributed by atoms with Gasteiger partial charge in [0.1, 0.15) is 23.9 Å². The summed E-state index contributed by atoms with van der Waals surface area (Å²) in [6.07, 6.45) is 0.687. The van der Waals surface area contributed by atoms with Crippen LogP contribution in [0.15, 0.2) is 29.3 Å². The number of carboxylic acids is 1. The lowest BCUT2D eigenvalue weighted by molar-refractivity contribution is -0.142. The number of hydrogen-bond acceptors (Lipinski definition) is 7. The molecule has 13 nitrogen and oxygen atoms in total. The van der Waals surface area contributed by atoms with Gasteiger partial charge in [0.25, 0.3) is 0 Å². The number of nitrogens with one attached hydrogen (secondary N) is 3. The molecule has 0 bridgehead atoms. The van der Waals surface area contributed by atoms with Crippen LogP contribution in [0, 0.1) is 5.92 Å². The van der Waals surface area contributed by atoms with Crippen molar-refractivity contribution in [3.63, 3.8) is 0 Å². The lowest BCUT2D eigenvalue weighted by Gasteiger charge is -2.25. The predicted molar refractivity (Wildman–Crippen MR) is 134 cm³/mol. The van der Waals surface area contributed by atoms with Gasteiger partial charge in [-0.3, -0.25) is 19.4 Å². The highest BCUT2D eigenvalue weighted by molar-refractivity contribution is 5.93. The Labute approximate surface area is 209 Å². The number of amides is 3. The second-order valence-electron chi connectivity index (χ2n) is 8.73. The fourth-order valence-corrected chi connectivity index (χ4v) is 3.34. The number of carbonyl (C=O) groups excluding carboxylic acids is 3. The highest BCUT2D eigenvalue weighted by Crippen LogP contribution is 2.12. The minimum Gasteiger partial charge on any atom is -0.508 e. The summed E-state index contributed by atoms with van der Waals surface area (Å²) >= 11 is 0. The number of aliphatic imine (C=N–C) groups is 1. The van der Waals surface area contributed by atoms with Crippen molar-refractivity contribution >= 4 is 29.7 Å². The highest BCUT2D eigenvalue weighted by atomic mass is 16.4. The van der Waals surface area contributed by atoms with Crippen molar-refractivity contribution in [1.29, 1.82) is 0 Å². The van der Waals surface area contributed by atoms with Crippen LogP contribution < -0.4 is 33.2 Å². The van der Waals surface area contributed by atoms with Crippen molar-refractivity contribution < 1.29 is 29.4 Å². The van der Waals surface area contributed by atoms with Crippen LogP contribution in [0.25, 0.3) is 0 Å². The number of nitrogens with two attached hydrogens (primary N) is 3. The van der Waals surface area contributed by atoms with E-state index in [4.69, 9.17) is 17.2 Å². The van der Waals surface area contributed by atoms with E-state index in [1.165, 1.54) is 12.1 Å². The lowest BCUT2D eigenvalue weighted by atomic mass is 10.0. The van der Waals surface area contributed by atoms with E-state index in [9.17, 15) is 29.4 Å². The Morgan fingerprint density at radius 1 is 0.944 bits per heavy atom. The number of aliphatic carboxylic acids is 1. The Hall–Kier alpha value is -3.87. The molecule has 0 spiro atoms. The van der Waals surface area contributed by atoms with Gasteiger partial charge in [-0.25, -0.2) is 4.79 Å². The van der Waals surface area contributed by atoms with Crippen molar-refractivity contribution in [3.05, 3.63) is 29.8 Å². The van der Waals surface area contributed by atoms with Gasteiger partial charge in [0.15, 0.2) is 5.96 Å². The first-order chi connectivity index (χ1) is 16.9. The maximum absolute atomic E-state index is 13.1. The maximum Gasteiger partial charge on any atom is 0.326 e. The second-order valence-corrected chi connectivity index (χ2v) is 8.73. The number of rotatable bonds is 15. The summed E-state index contributed by atoms with van der Waals surface area (Å²) < 4.78 is 0. The van der Waals surface area contributed by atoms with E-state index in [2.05, 4.69) is 20.9 Å². The summed E-state index contributed by atoms with van der Waals surface area (Å²) in [6.45, 7) is 3.63. The number of aromatic hydroxyl groups is 1. The maximum atomic E-state index is 13.1. The molecule has 0 radical (unpaired) electrons. The molecule has 0 aromatic heterocycles. The van der Waals surface area contributed by atoms with Crippen molar-refractivity contribution in [2.75, 3.05) is 13.1 Å². The van der Waals surface area contributed by atoms with E-state index < -0.39 is 41.8 Å². The third kappa shape index (κ3) is 11.5. The summed E-state index contributed by atoms with van der Waals surface area (Å²) in [5.41, 5.74) is 16.6. The van der Waals surface area contributed by atoms with Crippen LogP contribution in [0.2, 0.25) is 0 Å². The van der Waals surface area contributed by atoms with Gasteiger partial charge < -0.3 is 43.4 Å². The predicted octanol–water partition coefficient (Wildman–Crippen LogP) is -1.47. The molecule has 0 heterocycles. The molecule has 11 N–H and O–H groups in total. The smallest absolute Gasteiger partial charge is 0.326 e. The van der Waals surface area contributed by atoms with E-state index in [-0.39, 0.29) is 43.6 Å². The molecule has 13 heteroatoms. The SMILES string of the molecule is CC(C)CC(NC(=O)CN)C(=O)NC(CCCN=C(N)N)C(=O)NC(Cc1ccc(O)cc1)C(=O)O. The fourth-order valence-electron chi connectivity index (χ4n) is 3.34. The summed E-state index contributed by atoms with van der Waals surface area (Å²) in [4.78, 5) is 53.5. The van der Waals surface area contributed by atoms with Crippen LogP contribution in [0.4, 0.5) is 0 Å². The Morgan fingerprint density at radius 2 is 1.53 bits per heavy atom. The van der Waals surface area contributed by atoms with Crippen LogP contribution in [-0.2, 0) is 25.6 Å². The summed E-state index contributed by atoms with van der Waals surface area (Å²) in [6, 6.07) is 2.58. The Kier molecular flexibility index (Phi) is 12.7. The molecule has 3 atom stereocenters. The molecule has 1 aromatic carbocycles. The molecule has 0 saturated carbocycles. The van der Waals surface area contributed by atoms with E-state index in [0.717, 1.165) is 0 Å². The normalized spacial score (nSPS) is 13.2. The molecular weight excluding hydrogens is 470 g/mol. The van der Waals surface area contributed by atoms with Gasteiger partial charge >= 0.3 is 5.97 Å². The van der Waals surface area contributed by atoms with Crippen molar-refractivity contribution in [1.82, 2.24) is 16.0 Å². The second kappa shape index (κ2) is 15.2. The van der Waals surface area contributed by atoms with Crippen LogP contribution in [0.1, 0.15) is 38.7 Å². The van der Waals surface area contributed by atoms with Crippen LogP contribution in [0.3, 0.4) is 0 Å². The molecular formula is C23H37N7O6. The average molecular weight is 508 g/mol. The number of guanidine groups is 1. The van der Waals surface area contributed by atoms with E-state index in [1.54, 1.807) is 12.1 Å². The molecule has 0 aliphatic rings. The van der Waals surface area contributed by atoms with Gasteiger partial charge in [-0.05, 0) is 42.9 Å². The fraction of sp³-hybridized carbons (Fsp3) is 0.522. The van der Waals surface area contributed by atoms with Gasteiger partial charge in [-0.15, -0.1) is 0 Å². The molecule has 0 saturated heterocycles. The van der Waals surface area contributed by atoms with Crippen molar-refractivity contribution in [2.45, 2.75) is 57.7 Å². The van der Waals surface area contributed by atoms with E-state index in [0.29, 0.717) is 18.4 Å². The number of nitrogens with zero attached hydrogens (tertiary/aromatic N) is 1. The zero-order valence-electron chi connectivity index (χ0n) is 20.6.